The molecule has 0 radical (unpaired) electrons. The number of hydrogen-bond donors (Lipinski definition) is 2. The van der Waals surface area contributed by atoms with Gasteiger partial charge in [0.15, 0.2) is 0 Å². The van der Waals surface area contributed by atoms with Crippen LogP contribution in [0.3, 0.4) is 0 Å². The van der Waals surface area contributed by atoms with Crippen LogP contribution in [0.25, 0.3) is 0 Å². The topological polar surface area (TPSA) is 57.8 Å². The standard InChI is InChI=1S/C12H17N3O/c16-12(8-5-6-8)13-7-11-14-9-3-1-2-4-10(9)15-11/h8H,1-7H2,(H,13,16)(H,14,15). The molecule has 2 aliphatic rings. The third-order valence-electron chi connectivity index (χ3n) is 3.38. The molecule has 4 nitrogen and oxygen atoms in total. The minimum atomic E-state index is 0.189. The molecule has 4 heteroatoms. The number of hydrogen-bond acceptors (Lipinski definition) is 2. The number of imidazole rings is 1. The number of aromatic amines is 1. The summed E-state index contributed by atoms with van der Waals surface area (Å²) in [6.07, 6.45) is 6.80. The van der Waals surface area contributed by atoms with E-state index in [4.69, 9.17) is 0 Å². The lowest BCUT2D eigenvalue weighted by Gasteiger charge is -2.07. The molecule has 0 aliphatic heterocycles. The van der Waals surface area contributed by atoms with E-state index in [9.17, 15) is 4.79 Å². The average Bonchev–Trinajstić information content (AvgIpc) is 3.06. The van der Waals surface area contributed by atoms with Gasteiger partial charge in [0.25, 0.3) is 0 Å². The van der Waals surface area contributed by atoms with Gasteiger partial charge in [0.2, 0.25) is 5.91 Å². The third kappa shape index (κ3) is 1.96. The molecule has 2 N–H and O–H groups in total. The fraction of sp³-hybridized carbons (Fsp3) is 0.667. The summed E-state index contributed by atoms with van der Waals surface area (Å²) in [5, 5.41) is 2.94. The molecule has 2 aliphatic carbocycles. The van der Waals surface area contributed by atoms with Crippen molar-refractivity contribution in [3.05, 3.63) is 17.2 Å². The zero-order valence-corrected chi connectivity index (χ0v) is 9.38. The van der Waals surface area contributed by atoms with Crippen LogP contribution in [0.2, 0.25) is 0 Å². The molecule has 1 saturated carbocycles. The number of H-pyrrole nitrogens is 1. The second kappa shape index (κ2) is 3.92. The second-order valence-electron chi connectivity index (χ2n) is 4.81. The Labute approximate surface area is 94.8 Å². The number of rotatable bonds is 3. The summed E-state index contributed by atoms with van der Waals surface area (Å²) in [6, 6.07) is 0. The fourth-order valence-electron chi connectivity index (χ4n) is 2.26. The maximum atomic E-state index is 11.5. The smallest absolute Gasteiger partial charge is 0.223 e. The summed E-state index contributed by atoms with van der Waals surface area (Å²) >= 11 is 0. The third-order valence-corrected chi connectivity index (χ3v) is 3.38. The minimum Gasteiger partial charge on any atom is -0.349 e. The lowest BCUT2D eigenvalue weighted by molar-refractivity contribution is -0.122. The van der Waals surface area contributed by atoms with E-state index in [0.29, 0.717) is 6.54 Å². The fourth-order valence-corrected chi connectivity index (χ4v) is 2.26. The van der Waals surface area contributed by atoms with E-state index in [1.165, 1.54) is 24.2 Å². The van der Waals surface area contributed by atoms with Crippen LogP contribution in [0.5, 0.6) is 0 Å². The van der Waals surface area contributed by atoms with Gasteiger partial charge in [0.05, 0.1) is 12.2 Å². The summed E-state index contributed by atoms with van der Waals surface area (Å²) in [6.45, 7) is 0.558. The van der Waals surface area contributed by atoms with E-state index < -0.39 is 0 Å². The molecule has 16 heavy (non-hydrogen) atoms. The number of amides is 1. The number of fused-ring (bicyclic) bond motifs is 1. The number of aromatic nitrogens is 2. The Balaban J connectivity index is 1.61. The summed E-state index contributed by atoms with van der Waals surface area (Å²) in [5.74, 6) is 1.39. The number of carbonyl (C=O) groups excluding carboxylic acids is 1. The van der Waals surface area contributed by atoms with Crippen LogP contribution in [-0.2, 0) is 24.2 Å². The molecule has 0 aromatic carbocycles. The minimum absolute atomic E-state index is 0.189. The molecule has 1 aromatic rings. The lowest BCUT2D eigenvalue weighted by Crippen LogP contribution is -2.24. The molecule has 0 spiro atoms. The number of aryl methyl sites for hydroxylation is 2. The first-order chi connectivity index (χ1) is 7.83. The monoisotopic (exact) mass is 219 g/mol. The largest absolute Gasteiger partial charge is 0.349 e. The average molecular weight is 219 g/mol. The lowest BCUT2D eigenvalue weighted by atomic mass is 10.0. The van der Waals surface area contributed by atoms with Crippen molar-refractivity contribution >= 4 is 5.91 Å². The molecule has 1 amide bonds. The van der Waals surface area contributed by atoms with Crippen LogP contribution in [0.1, 0.15) is 42.9 Å². The van der Waals surface area contributed by atoms with Gasteiger partial charge < -0.3 is 10.3 Å². The van der Waals surface area contributed by atoms with Crippen molar-refractivity contribution in [3.63, 3.8) is 0 Å². The number of nitrogens with zero attached hydrogens (tertiary/aromatic N) is 1. The van der Waals surface area contributed by atoms with Crippen molar-refractivity contribution in [2.45, 2.75) is 45.1 Å². The van der Waals surface area contributed by atoms with Gasteiger partial charge in [-0.2, -0.15) is 0 Å². The quantitative estimate of drug-likeness (QED) is 0.805. The van der Waals surface area contributed by atoms with Crippen LogP contribution in [0.4, 0.5) is 0 Å². The first kappa shape index (κ1) is 9.87. The van der Waals surface area contributed by atoms with Gasteiger partial charge in [0, 0.05) is 11.6 Å². The molecule has 0 saturated heterocycles. The summed E-state index contributed by atoms with van der Waals surface area (Å²) in [5.41, 5.74) is 2.49. The van der Waals surface area contributed by atoms with E-state index in [-0.39, 0.29) is 11.8 Å². The van der Waals surface area contributed by atoms with Gasteiger partial charge >= 0.3 is 0 Å². The Morgan fingerprint density at radius 3 is 2.94 bits per heavy atom. The Hall–Kier alpha value is -1.32. The Kier molecular flexibility index (Phi) is 2.42. The maximum absolute atomic E-state index is 11.5. The normalized spacial score (nSPS) is 19.2. The van der Waals surface area contributed by atoms with Crippen LogP contribution < -0.4 is 5.32 Å². The van der Waals surface area contributed by atoms with Crippen LogP contribution >= 0.6 is 0 Å². The first-order valence-corrected chi connectivity index (χ1v) is 6.17. The SMILES string of the molecule is O=C(NCc1nc2c([nH]1)CCCC2)C1CC1. The maximum Gasteiger partial charge on any atom is 0.223 e. The van der Waals surface area contributed by atoms with E-state index in [1.807, 2.05) is 0 Å². The van der Waals surface area contributed by atoms with Gasteiger partial charge in [0.1, 0.15) is 5.82 Å². The Morgan fingerprint density at radius 2 is 2.19 bits per heavy atom. The van der Waals surface area contributed by atoms with Crippen molar-refractivity contribution in [1.82, 2.24) is 15.3 Å². The van der Waals surface area contributed by atoms with Crippen LogP contribution in [0, 0.1) is 5.92 Å². The van der Waals surface area contributed by atoms with E-state index in [2.05, 4.69) is 15.3 Å². The van der Waals surface area contributed by atoms with Crippen molar-refractivity contribution in [2.24, 2.45) is 5.92 Å². The van der Waals surface area contributed by atoms with Gasteiger partial charge in [-0.25, -0.2) is 4.98 Å². The van der Waals surface area contributed by atoms with Crippen molar-refractivity contribution < 1.29 is 4.79 Å². The van der Waals surface area contributed by atoms with Crippen molar-refractivity contribution in [3.8, 4) is 0 Å². The Bertz CT molecular complexity index is 383. The highest BCUT2D eigenvalue weighted by Crippen LogP contribution is 2.28. The zero-order valence-electron chi connectivity index (χ0n) is 9.38. The predicted octanol–water partition coefficient (Wildman–Crippen LogP) is 1.31. The highest BCUT2D eigenvalue weighted by molar-refractivity contribution is 5.80. The van der Waals surface area contributed by atoms with Gasteiger partial charge in [-0.1, -0.05) is 0 Å². The van der Waals surface area contributed by atoms with E-state index in [0.717, 1.165) is 31.5 Å². The molecule has 0 atom stereocenters. The van der Waals surface area contributed by atoms with Crippen LogP contribution in [-0.4, -0.2) is 15.9 Å². The molecule has 0 bridgehead atoms. The number of nitrogens with one attached hydrogen (secondary N) is 2. The van der Waals surface area contributed by atoms with Gasteiger partial charge in [-0.05, 0) is 38.5 Å². The first-order valence-electron chi connectivity index (χ1n) is 6.17. The Morgan fingerprint density at radius 1 is 1.38 bits per heavy atom. The van der Waals surface area contributed by atoms with Crippen molar-refractivity contribution in [2.75, 3.05) is 0 Å². The molecule has 1 heterocycles. The molecule has 86 valence electrons. The van der Waals surface area contributed by atoms with E-state index in [1.54, 1.807) is 0 Å². The van der Waals surface area contributed by atoms with Crippen molar-refractivity contribution in [1.29, 1.82) is 0 Å². The molecule has 0 unspecified atom stereocenters. The summed E-state index contributed by atoms with van der Waals surface area (Å²) in [4.78, 5) is 19.3. The van der Waals surface area contributed by atoms with Gasteiger partial charge in [-0.15, -0.1) is 0 Å². The molecule has 1 fully saturated rings. The van der Waals surface area contributed by atoms with Gasteiger partial charge in [-0.3, -0.25) is 4.79 Å². The number of carbonyl (C=O) groups is 1. The predicted molar refractivity (Wildman–Crippen MR) is 59.8 cm³/mol. The molecule has 3 rings (SSSR count). The zero-order chi connectivity index (χ0) is 11.0. The summed E-state index contributed by atoms with van der Waals surface area (Å²) in [7, 11) is 0. The highest BCUT2D eigenvalue weighted by atomic mass is 16.2. The molecular formula is C12H17N3O. The van der Waals surface area contributed by atoms with E-state index >= 15 is 0 Å². The van der Waals surface area contributed by atoms with Crippen LogP contribution in [0.15, 0.2) is 0 Å². The summed E-state index contributed by atoms with van der Waals surface area (Å²) < 4.78 is 0. The second-order valence-corrected chi connectivity index (χ2v) is 4.81. The molecular weight excluding hydrogens is 202 g/mol. The highest BCUT2D eigenvalue weighted by Gasteiger charge is 2.29. The molecule has 1 aromatic heterocycles.